The molecule has 1 heterocycles. The quantitative estimate of drug-likeness (QED) is 0.428. The molecule has 0 aliphatic heterocycles. The molecule has 0 bridgehead atoms. The summed E-state index contributed by atoms with van der Waals surface area (Å²) in [6, 6.07) is 5.55. The summed E-state index contributed by atoms with van der Waals surface area (Å²) in [5.41, 5.74) is 2.74. The van der Waals surface area contributed by atoms with Gasteiger partial charge in [-0.1, -0.05) is 43.0 Å². The van der Waals surface area contributed by atoms with Crippen molar-refractivity contribution in [1.82, 2.24) is 10.2 Å². The zero-order chi connectivity index (χ0) is 21.6. The number of nitrogens with zero attached hydrogens (tertiary/aromatic N) is 3. The van der Waals surface area contributed by atoms with E-state index in [-0.39, 0.29) is 18.9 Å². The molecule has 0 aliphatic carbocycles. The second-order valence-corrected chi connectivity index (χ2v) is 11.5. The Bertz CT molecular complexity index is 942. The summed E-state index contributed by atoms with van der Waals surface area (Å²) in [7, 11) is -3.44. The third-order valence-electron chi connectivity index (χ3n) is 4.14. The first-order chi connectivity index (χ1) is 13.6. The number of rotatable bonds is 10. The largest absolute Gasteiger partial charge is 0.301 e. The van der Waals surface area contributed by atoms with Crippen LogP contribution in [0, 0.1) is 19.8 Å². The number of anilines is 2. The van der Waals surface area contributed by atoms with Crippen LogP contribution in [0.2, 0.25) is 0 Å². The highest BCUT2D eigenvalue weighted by Crippen LogP contribution is 2.27. The lowest BCUT2D eigenvalue weighted by molar-refractivity contribution is -0.116. The molecule has 7 nitrogen and oxygen atoms in total. The average Bonchev–Trinajstić information content (AvgIpc) is 3.06. The zero-order valence-corrected chi connectivity index (χ0v) is 19.9. The molecule has 160 valence electrons. The standard InChI is InChI=1S/C19H28N4O3S3/c1-13(2)12-27-19-22-21-18(28-19)20-17(24)7-6-10-23(29(5,25)26)16-9-8-14(3)15(4)11-16/h8-9,11,13H,6-7,10,12H2,1-5H3,(H,20,21,24). The van der Waals surface area contributed by atoms with Crippen molar-refractivity contribution in [1.29, 1.82) is 0 Å². The number of benzene rings is 1. The van der Waals surface area contributed by atoms with Crippen molar-refractivity contribution >= 4 is 49.8 Å². The molecule has 0 atom stereocenters. The summed E-state index contributed by atoms with van der Waals surface area (Å²) in [6.07, 6.45) is 1.78. The van der Waals surface area contributed by atoms with Crippen molar-refractivity contribution in [2.45, 2.75) is 44.9 Å². The Morgan fingerprint density at radius 1 is 1.24 bits per heavy atom. The lowest BCUT2D eigenvalue weighted by atomic mass is 10.1. The summed E-state index contributed by atoms with van der Waals surface area (Å²) in [5, 5.41) is 11.3. The fraction of sp³-hybridized carbons (Fsp3) is 0.526. The van der Waals surface area contributed by atoms with Crippen LogP contribution in [0.25, 0.3) is 0 Å². The van der Waals surface area contributed by atoms with Gasteiger partial charge in [-0.2, -0.15) is 0 Å². The number of aromatic nitrogens is 2. The second kappa shape index (κ2) is 10.4. The van der Waals surface area contributed by atoms with E-state index < -0.39 is 10.0 Å². The van der Waals surface area contributed by atoms with E-state index in [0.29, 0.717) is 23.2 Å². The Kier molecular flexibility index (Phi) is 8.47. The molecule has 0 aliphatic rings. The highest BCUT2D eigenvalue weighted by molar-refractivity contribution is 8.01. The number of nitrogens with one attached hydrogen (secondary N) is 1. The van der Waals surface area contributed by atoms with Gasteiger partial charge in [0.15, 0.2) is 4.34 Å². The first-order valence-electron chi connectivity index (χ1n) is 9.37. The fourth-order valence-electron chi connectivity index (χ4n) is 2.49. The van der Waals surface area contributed by atoms with Gasteiger partial charge in [0.25, 0.3) is 0 Å². The van der Waals surface area contributed by atoms with Crippen molar-refractivity contribution in [2.24, 2.45) is 5.92 Å². The lowest BCUT2D eigenvalue weighted by Gasteiger charge is -2.23. The molecule has 2 rings (SSSR count). The molecule has 1 amide bonds. The first kappa shape index (κ1) is 23.6. The number of sulfonamides is 1. The minimum atomic E-state index is -3.44. The van der Waals surface area contributed by atoms with Crippen molar-refractivity contribution < 1.29 is 13.2 Å². The van der Waals surface area contributed by atoms with Crippen molar-refractivity contribution in [3.05, 3.63) is 29.3 Å². The highest BCUT2D eigenvalue weighted by Gasteiger charge is 2.18. The molecule has 1 N–H and O–H groups in total. The van der Waals surface area contributed by atoms with Crippen LogP contribution in [0.5, 0.6) is 0 Å². The molecule has 0 radical (unpaired) electrons. The van der Waals surface area contributed by atoms with Crippen LogP contribution < -0.4 is 9.62 Å². The van der Waals surface area contributed by atoms with Gasteiger partial charge in [0.2, 0.25) is 21.1 Å². The predicted octanol–water partition coefficient (Wildman–Crippen LogP) is 4.09. The van der Waals surface area contributed by atoms with Gasteiger partial charge < -0.3 is 5.32 Å². The summed E-state index contributed by atoms with van der Waals surface area (Å²) >= 11 is 2.97. The molecule has 2 aromatic rings. The monoisotopic (exact) mass is 456 g/mol. The van der Waals surface area contributed by atoms with Crippen molar-refractivity contribution in [3.63, 3.8) is 0 Å². The molecule has 1 aromatic carbocycles. The van der Waals surface area contributed by atoms with E-state index in [1.165, 1.54) is 21.9 Å². The molecular formula is C19H28N4O3S3. The van der Waals surface area contributed by atoms with Crippen LogP contribution in [0.3, 0.4) is 0 Å². The number of hydrogen-bond donors (Lipinski definition) is 1. The van der Waals surface area contributed by atoms with Gasteiger partial charge >= 0.3 is 0 Å². The summed E-state index contributed by atoms with van der Waals surface area (Å²) in [6.45, 7) is 8.43. The van der Waals surface area contributed by atoms with Crippen LogP contribution in [-0.2, 0) is 14.8 Å². The Morgan fingerprint density at radius 2 is 1.97 bits per heavy atom. The van der Waals surface area contributed by atoms with Gasteiger partial charge in [-0.05, 0) is 49.4 Å². The van der Waals surface area contributed by atoms with Gasteiger partial charge in [0, 0.05) is 18.7 Å². The summed E-state index contributed by atoms with van der Waals surface area (Å²) < 4.78 is 26.6. The number of amides is 1. The van der Waals surface area contributed by atoms with Crippen LogP contribution in [0.1, 0.15) is 37.8 Å². The number of hydrogen-bond acceptors (Lipinski definition) is 7. The van der Waals surface area contributed by atoms with Gasteiger partial charge in [-0.15, -0.1) is 10.2 Å². The Balaban J connectivity index is 1.90. The van der Waals surface area contributed by atoms with Crippen LogP contribution in [0.4, 0.5) is 10.8 Å². The Labute approximate surface area is 181 Å². The highest BCUT2D eigenvalue weighted by atomic mass is 32.2. The van der Waals surface area contributed by atoms with E-state index in [4.69, 9.17) is 0 Å². The Morgan fingerprint density at radius 3 is 2.59 bits per heavy atom. The second-order valence-electron chi connectivity index (χ2n) is 7.33. The summed E-state index contributed by atoms with van der Waals surface area (Å²) in [5.74, 6) is 1.30. The van der Waals surface area contributed by atoms with E-state index in [1.54, 1.807) is 17.8 Å². The molecular weight excluding hydrogens is 428 g/mol. The number of carbonyl (C=O) groups is 1. The number of aryl methyl sites for hydroxylation is 2. The maximum Gasteiger partial charge on any atom is 0.232 e. The predicted molar refractivity (Wildman–Crippen MR) is 121 cm³/mol. The van der Waals surface area contributed by atoms with E-state index in [1.807, 2.05) is 26.0 Å². The molecule has 10 heteroatoms. The van der Waals surface area contributed by atoms with Crippen molar-refractivity contribution in [3.8, 4) is 0 Å². The third-order valence-corrected chi connectivity index (χ3v) is 7.73. The number of carbonyl (C=O) groups excluding carboxylic acids is 1. The van der Waals surface area contributed by atoms with Gasteiger partial charge in [-0.3, -0.25) is 9.10 Å². The third kappa shape index (κ3) is 7.60. The van der Waals surface area contributed by atoms with E-state index >= 15 is 0 Å². The van der Waals surface area contributed by atoms with E-state index in [9.17, 15) is 13.2 Å². The zero-order valence-electron chi connectivity index (χ0n) is 17.4. The smallest absolute Gasteiger partial charge is 0.232 e. The van der Waals surface area contributed by atoms with E-state index in [2.05, 4.69) is 29.4 Å². The van der Waals surface area contributed by atoms with Crippen molar-refractivity contribution in [2.75, 3.05) is 28.2 Å². The first-order valence-corrected chi connectivity index (χ1v) is 13.0. The number of thioether (sulfide) groups is 1. The maximum absolute atomic E-state index is 12.2. The van der Waals surface area contributed by atoms with E-state index in [0.717, 1.165) is 21.2 Å². The lowest BCUT2D eigenvalue weighted by Crippen LogP contribution is -2.31. The van der Waals surface area contributed by atoms with Crippen LogP contribution in [-0.4, -0.2) is 43.1 Å². The SMILES string of the molecule is Cc1ccc(N(CCCC(=O)Nc2nnc(SCC(C)C)s2)S(C)(=O)=O)cc1C. The van der Waals surface area contributed by atoms with Gasteiger partial charge in [0.05, 0.1) is 11.9 Å². The minimum absolute atomic E-state index is 0.199. The normalized spacial score (nSPS) is 11.7. The molecule has 0 saturated heterocycles. The fourth-order valence-corrected chi connectivity index (χ4v) is 5.19. The topological polar surface area (TPSA) is 92.3 Å². The molecule has 29 heavy (non-hydrogen) atoms. The maximum atomic E-state index is 12.2. The molecule has 0 fully saturated rings. The van der Waals surface area contributed by atoms with Gasteiger partial charge in [0.1, 0.15) is 0 Å². The molecule has 0 saturated carbocycles. The summed E-state index contributed by atoms with van der Waals surface area (Å²) in [4.78, 5) is 12.2. The van der Waals surface area contributed by atoms with Crippen LogP contribution in [0.15, 0.2) is 22.5 Å². The average molecular weight is 457 g/mol. The Hall–Kier alpha value is -1.65. The minimum Gasteiger partial charge on any atom is -0.301 e. The molecule has 1 aromatic heterocycles. The van der Waals surface area contributed by atoms with Gasteiger partial charge in [-0.25, -0.2) is 8.42 Å². The van der Waals surface area contributed by atoms with Crippen LogP contribution >= 0.6 is 23.1 Å². The molecule has 0 unspecified atom stereocenters. The molecule has 0 spiro atoms.